The number of aryl methyl sites for hydroxylation is 2. The largest absolute Gasteiger partial charge is 0.322 e. The van der Waals surface area contributed by atoms with Crippen LogP contribution in [0.25, 0.3) is 0 Å². The van der Waals surface area contributed by atoms with Crippen molar-refractivity contribution in [2.45, 2.75) is 18.7 Å². The summed E-state index contributed by atoms with van der Waals surface area (Å²) in [6.45, 7) is 3.84. The number of hydrogen-bond acceptors (Lipinski definition) is 3. The van der Waals surface area contributed by atoms with Crippen molar-refractivity contribution in [2.24, 2.45) is 0 Å². The lowest BCUT2D eigenvalue weighted by atomic mass is 10.1. The van der Waals surface area contributed by atoms with Gasteiger partial charge in [0.2, 0.25) is 0 Å². The highest BCUT2D eigenvalue weighted by atomic mass is 35.5. The third-order valence-corrected chi connectivity index (χ3v) is 6.25. The van der Waals surface area contributed by atoms with E-state index in [-0.39, 0.29) is 15.5 Å². The van der Waals surface area contributed by atoms with Crippen LogP contribution in [-0.2, 0) is 10.0 Å². The van der Waals surface area contributed by atoms with Crippen molar-refractivity contribution in [3.8, 4) is 12.3 Å². The summed E-state index contributed by atoms with van der Waals surface area (Å²) in [6.07, 6.45) is 5.38. The van der Waals surface area contributed by atoms with E-state index in [1.54, 1.807) is 36.4 Å². The van der Waals surface area contributed by atoms with Crippen molar-refractivity contribution in [2.75, 3.05) is 10.0 Å². The van der Waals surface area contributed by atoms with Gasteiger partial charge in [-0.1, -0.05) is 29.7 Å². The van der Waals surface area contributed by atoms with Gasteiger partial charge in [0.15, 0.2) is 0 Å². The van der Waals surface area contributed by atoms with Gasteiger partial charge in [0.1, 0.15) is 0 Å². The van der Waals surface area contributed by atoms with Crippen molar-refractivity contribution >= 4 is 38.9 Å². The monoisotopic (exact) mass is 438 g/mol. The summed E-state index contributed by atoms with van der Waals surface area (Å²) in [7, 11) is -3.91. The summed E-state index contributed by atoms with van der Waals surface area (Å²) in [5.74, 6) is 1.94. The van der Waals surface area contributed by atoms with Crippen LogP contribution in [0.15, 0.2) is 65.6 Å². The van der Waals surface area contributed by atoms with E-state index in [9.17, 15) is 13.2 Å². The van der Waals surface area contributed by atoms with Crippen LogP contribution in [0.3, 0.4) is 0 Å². The van der Waals surface area contributed by atoms with Crippen LogP contribution in [0.5, 0.6) is 0 Å². The minimum Gasteiger partial charge on any atom is -0.322 e. The molecule has 0 aromatic heterocycles. The molecule has 30 heavy (non-hydrogen) atoms. The van der Waals surface area contributed by atoms with Gasteiger partial charge in [0.25, 0.3) is 15.9 Å². The van der Waals surface area contributed by atoms with Gasteiger partial charge in [-0.3, -0.25) is 9.52 Å². The number of anilines is 2. The SMILES string of the molecule is C#Cc1cccc(NC(=O)c2cc(S(=O)(=O)Nc3ccc(C)c(C)c3)ccc2Cl)c1. The third-order valence-electron chi connectivity index (χ3n) is 4.54. The van der Waals surface area contributed by atoms with Crippen molar-refractivity contribution in [1.29, 1.82) is 0 Å². The molecular weight excluding hydrogens is 420 g/mol. The molecule has 0 saturated heterocycles. The van der Waals surface area contributed by atoms with Crippen molar-refractivity contribution in [3.05, 3.63) is 87.9 Å². The van der Waals surface area contributed by atoms with Gasteiger partial charge in [-0.05, 0) is 73.5 Å². The predicted octanol–water partition coefficient (Wildman–Crippen LogP) is 4.99. The first kappa shape index (κ1) is 21.4. The van der Waals surface area contributed by atoms with Crippen LogP contribution in [-0.4, -0.2) is 14.3 Å². The first-order valence-corrected chi connectivity index (χ1v) is 10.8. The van der Waals surface area contributed by atoms with E-state index in [1.807, 2.05) is 19.9 Å². The molecule has 1 amide bonds. The minimum atomic E-state index is -3.91. The molecule has 0 unspecified atom stereocenters. The first-order valence-electron chi connectivity index (χ1n) is 8.97. The fraction of sp³-hybridized carbons (Fsp3) is 0.0870. The fourth-order valence-electron chi connectivity index (χ4n) is 2.75. The molecule has 0 aliphatic rings. The molecule has 3 aromatic carbocycles. The average Bonchev–Trinajstić information content (AvgIpc) is 2.70. The summed E-state index contributed by atoms with van der Waals surface area (Å²) < 4.78 is 28.2. The molecule has 152 valence electrons. The molecule has 3 aromatic rings. The molecule has 0 saturated carbocycles. The van der Waals surface area contributed by atoms with Crippen LogP contribution in [0.4, 0.5) is 11.4 Å². The van der Waals surface area contributed by atoms with E-state index in [1.165, 1.54) is 18.2 Å². The van der Waals surface area contributed by atoms with Crippen molar-refractivity contribution < 1.29 is 13.2 Å². The molecule has 0 atom stereocenters. The predicted molar refractivity (Wildman–Crippen MR) is 121 cm³/mol. The maximum Gasteiger partial charge on any atom is 0.261 e. The number of sulfonamides is 1. The number of halogens is 1. The first-order chi connectivity index (χ1) is 14.2. The molecule has 0 aliphatic carbocycles. The molecule has 0 aliphatic heterocycles. The maximum atomic E-state index is 12.8. The molecule has 0 bridgehead atoms. The maximum absolute atomic E-state index is 12.8. The quantitative estimate of drug-likeness (QED) is 0.551. The van der Waals surface area contributed by atoms with Crippen LogP contribution >= 0.6 is 11.6 Å². The Labute approximate surface area is 181 Å². The van der Waals surface area contributed by atoms with E-state index in [2.05, 4.69) is 16.0 Å². The van der Waals surface area contributed by atoms with E-state index >= 15 is 0 Å². The molecule has 3 rings (SSSR count). The number of carbonyl (C=O) groups is 1. The van der Waals surface area contributed by atoms with Gasteiger partial charge < -0.3 is 5.32 Å². The summed E-state index contributed by atoms with van der Waals surface area (Å²) in [6, 6.07) is 16.0. The van der Waals surface area contributed by atoms with Crippen LogP contribution in [0.2, 0.25) is 5.02 Å². The number of hydrogen-bond donors (Lipinski definition) is 2. The van der Waals surface area contributed by atoms with Gasteiger partial charge in [-0.15, -0.1) is 6.42 Å². The Morgan fingerprint density at radius 2 is 1.73 bits per heavy atom. The highest BCUT2D eigenvalue weighted by molar-refractivity contribution is 7.92. The molecule has 0 spiro atoms. The highest BCUT2D eigenvalue weighted by Crippen LogP contribution is 2.24. The van der Waals surface area contributed by atoms with E-state index < -0.39 is 15.9 Å². The highest BCUT2D eigenvalue weighted by Gasteiger charge is 2.19. The molecule has 0 fully saturated rings. The Bertz CT molecular complexity index is 1280. The second kappa shape index (κ2) is 8.62. The van der Waals surface area contributed by atoms with Gasteiger partial charge in [0, 0.05) is 16.9 Å². The Morgan fingerprint density at radius 3 is 2.43 bits per heavy atom. The van der Waals surface area contributed by atoms with Gasteiger partial charge >= 0.3 is 0 Å². The number of benzene rings is 3. The normalized spacial score (nSPS) is 10.9. The van der Waals surface area contributed by atoms with Crippen molar-refractivity contribution in [3.63, 3.8) is 0 Å². The lowest BCUT2D eigenvalue weighted by molar-refractivity contribution is 0.102. The second-order valence-electron chi connectivity index (χ2n) is 6.73. The molecule has 5 nitrogen and oxygen atoms in total. The molecule has 7 heteroatoms. The Kier molecular flexibility index (Phi) is 6.16. The molecule has 0 radical (unpaired) electrons. The standard InChI is InChI=1S/C23H19ClN2O3S/c1-4-17-6-5-7-18(13-17)25-23(27)21-14-20(10-11-22(21)24)30(28,29)26-19-9-8-15(2)16(3)12-19/h1,5-14,26H,2-3H3,(H,25,27). The lowest BCUT2D eigenvalue weighted by Gasteiger charge is -2.12. The van der Waals surface area contributed by atoms with Gasteiger partial charge in [0.05, 0.1) is 15.5 Å². The lowest BCUT2D eigenvalue weighted by Crippen LogP contribution is -2.16. The number of amides is 1. The third kappa shape index (κ3) is 4.82. The minimum absolute atomic E-state index is 0.0331. The van der Waals surface area contributed by atoms with Gasteiger partial charge in [-0.25, -0.2) is 8.42 Å². The Balaban J connectivity index is 1.88. The van der Waals surface area contributed by atoms with E-state index in [0.717, 1.165) is 11.1 Å². The Morgan fingerprint density at radius 1 is 0.967 bits per heavy atom. The molecule has 2 N–H and O–H groups in total. The summed E-state index contributed by atoms with van der Waals surface area (Å²) in [5.41, 5.74) is 3.56. The second-order valence-corrected chi connectivity index (χ2v) is 8.82. The van der Waals surface area contributed by atoms with Crippen LogP contribution < -0.4 is 10.0 Å². The molecule has 0 heterocycles. The van der Waals surface area contributed by atoms with Crippen LogP contribution in [0.1, 0.15) is 27.0 Å². The van der Waals surface area contributed by atoms with E-state index in [4.69, 9.17) is 18.0 Å². The zero-order chi connectivity index (χ0) is 21.9. The van der Waals surface area contributed by atoms with Crippen molar-refractivity contribution in [1.82, 2.24) is 0 Å². The zero-order valence-electron chi connectivity index (χ0n) is 16.4. The zero-order valence-corrected chi connectivity index (χ0v) is 17.9. The molecular formula is C23H19ClN2O3S. The van der Waals surface area contributed by atoms with Gasteiger partial charge in [-0.2, -0.15) is 0 Å². The summed E-state index contributed by atoms with van der Waals surface area (Å²) in [5, 5.41) is 2.81. The smallest absolute Gasteiger partial charge is 0.261 e. The topological polar surface area (TPSA) is 75.3 Å². The average molecular weight is 439 g/mol. The van der Waals surface area contributed by atoms with E-state index in [0.29, 0.717) is 16.9 Å². The van der Waals surface area contributed by atoms with Crippen LogP contribution in [0, 0.1) is 26.2 Å². The Hall–Kier alpha value is -3.27. The number of nitrogens with one attached hydrogen (secondary N) is 2. The summed E-state index contributed by atoms with van der Waals surface area (Å²) in [4.78, 5) is 12.6. The number of carbonyl (C=O) groups excluding carboxylic acids is 1. The summed E-state index contributed by atoms with van der Waals surface area (Å²) >= 11 is 6.16. The number of rotatable bonds is 5. The number of terminal acetylenes is 1. The fourth-order valence-corrected chi connectivity index (χ4v) is 4.03.